The minimum absolute atomic E-state index is 0.0246. The van der Waals surface area contributed by atoms with E-state index in [0.29, 0.717) is 28.6 Å². The van der Waals surface area contributed by atoms with E-state index in [1.165, 1.54) is 4.90 Å². The van der Waals surface area contributed by atoms with E-state index in [0.717, 1.165) is 11.1 Å². The summed E-state index contributed by atoms with van der Waals surface area (Å²) in [6, 6.07) is 20.0. The standard InChI is InChI=1S/C28H28N2O6/c1-18-7-6-8-19(2)27(18)29-25(31)17-35-28(33)20-15-26(32)30(16-20)21-11-13-22(14-12-21)36-24-10-5-4-9-23(24)34-3/h4-14,20H,15-17H2,1-3H3,(H,29,31)/t20-/m1/s1. The molecule has 0 saturated carbocycles. The Morgan fingerprint density at radius 3 is 2.28 bits per heavy atom. The number of hydrogen-bond acceptors (Lipinski definition) is 6. The van der Waals surface area contributed by atoms with Gasteiger partial charge in [-0.2, -0.15) is 0 Å². The van der Waals surface area contributed by atoms with Gasteiger partial charge in [-0.3, -0.25) is 14.4 Å². The summed E-state index contributed by atoms with van der Waals surface area (Å²) < 4.78 is 16.4. The van der Waals surface area contributed by atoms with Crippen LogP contribution in [-0.4, -0.2) is 38.0 Å². The van der Waals surface area contributed by atoms with Gasteiger partial charge in [0.15, 0.2) is 18.1 Å². The molecule has 0 radical (unpaired) electrons. The highest BCUT2D eigenvalue weighted by atomic mass is 16.5. The summed E-state index contributed by atoms with van der Waals surface area (Å²) in [5.74, 6) is -0.0490. The third-order valence-electron chi connectivity index (χ3n) is 5.99. The fourth-order valence-corrected chi connectivity index (χ4v) is 4.08. The molecule has 1 N–H and O–H groups in total. The van der Waals surface area contributed by atoms with Gasteiger partial charge >= 0.3 is 5.97 Å². The van der Waals surface area contributed by atoms with Crippen LogP contribution in [0.15, 0.2) is 66.7 Å². The lowest BCUT2D eigenvalue weighted by molar-refractivity contribution is -0.151. The zero-order valence-electron chi connectivity index (χ0n) is 20.4. The first-order valence-corrected chi connectivity index (χ1v) is 11.6. The number of amides is 2. The number of carbonyl (C=O) groups excluding carboxylic acids is 3. The topological polar surface area (TPSA) is 94.2 Å². The summed E-state index contributed by atoms with van der Waals surface area (Å²) >= 11 is 0. The van der Waals surface area contributed by atoms with Gasteiger partial charge in [-0.15, -0.1) is 0 Å². The van der Waals surface area contributed by atoms with Crippen LogP contribution in [0.4, 0.5) is 11.4 Å². The molecule has 1 aliphatic rings. The average molecular weight is 489 g/mol. The van der Waals surface area contributed by atoms with Gasteiger partial charge in [0.05, 0.1) is 13.0 Å². The normalized spacial score (nSPS) is 14.9. The minimum atomic E-state index is -0.644. The molecule has 0 aliphatic carbocycles. The third-order valence-corrected chi connectivity index (χ3v) is 5.99. The van der Waals surface area contributed by atoms with Crippen LogP contribution in [0.2, 0.25) is 0 Å². The van der Waals surface area contributed by atoms with Crippen molar-refractivity contribution in [2.75, 3.05) is 30.5 Å². The Hall–Kier alpha value is -4.33. The van der Waals surface area contributed by atoms with Gasteiger partial charge in [-0.25, -0.2) is 0 Å². The molecule has 2 amide bonds. The number of methoxy groups -OCH3 is 1. The van der Waals surface area contributed by atoms with Crippen molar-refractivity contribution < 1.29 is 28.6 Å². The van der Waals surface area contributed by atoms with Crippen molar-refractivity contribution in [3.63, 3.8) is 0 Å². The number of nitrogens with one attached hydrogen (secondary N) is 1. The number of hydrogen-bond donors (Lipinski definition) is 1. The highest BCUT2D eigenvalue weighted by Gasteiger charge is 2.36. The number of anilines is 2. The second kappa shape index (κ2) is 10.9. The van der Waals surface area contributed by atoms with Gasteiger partial charge in [0.25, 0.3) is 5.91 Å². The molecule has 8 heteroatoms. The molecule has 1 atom stereocenters. The van der Waals surface area contributed by atoms with E-state index >= 15 is 0 Å². The number of nitrogens with zero attached hydrogens (tertiary/aromatic N) is 1. The first-order chi connectivity index (χ1) is 17.4. The monoisotopic (exact) mass is 488 g/mol. The van der Waals surface area contributed by atoms with Crippen LogP contribution in [0.5, 0.6) is 17.2 Å². The predicted molar refractivity (Wildman–Crippen MR) is 135 cm³/mol. The van der Waals surface area contributed by atoms with Crippen LogP contribution in [-0.2, 0) is 19.1 Å². The highest BCUT2D eigenvalue weighted by molar-refractivity contribution is 6.00. The summed E-state index contributed by atoms with van der Waals surface area (Å²) in [6.07, 6.45) is 0.0246. The summed E-state index contributed by atoms with van der Waals surface area (Å²) in [7, 11) is 1.57. The van der Waals surface area contributed by atoms with Crippen LogP contribution in [0.25, 0.3) is 0 Å². The number of para-hydroxylation sites is 3. The van der Waals surface area contributed by atoms with E-state index in [2.05, 4.69) is 5.32 Å². The van der Waals surface area contributed by atoms with Crippen molar-refractivity contribution in [3.8, 4) is 17.2 Å². The molecule has 0 aromatic heterocycles. The lowest BCUT2D eigenvalue weighted by Gasteiger charge is -2.17. The minimum Gasteiger partial charge on any atom is -0.493 e. The fraction of sp³-hybridized carbons (Fsp3) is 0.250. The highest BCUT2D eigenvalue weighted by Crippen LogP contribution is 2.33. The van der Waals surface area contributed by atoms with Crippen molar-refractivity contribution >= 4 is 29.2 Å². The molecule has 36 heavy (non-hydrogen) atoms. The van der Waals surface area contributed by atoms with Crippen LogP contribution in [0.3, 0.4) is 0 Å². The maximum Gasteiger partial charge on any atom is 0.311 e. The van der Waals surface area contributed by atoms with Gasteiger partial charge in [0.2, 0.25) is 5.91 Å². The third kappa shape index (κ3) is 5.66. The summed E-state index contributed by atoms with van der Waals surface area (Å²) in [6.45, 7) is 3.56. The van der Waals surface area contributed by atoms with Gasteiger partial charge in [0.1, 0.15) is 5.75 Å². The molecule has 1 saturated heterocycles. The molecule has 1 heterocycles. The van der Waals surface area contributed by atoms with Crippen molar-refractivity contribution in [2.45, 2.75) is 20.3 Å². The summed E-state index contributed by atoms with van der Waals surface area (Å²) in [5, 5.41) is 2.78. The van der Waals surface area contributed by atoms with Gasteiger partial charge in [0, 0.05) is 24.3 Å². The van der Waals surface area contributed by atoms with Gasteiger partial charge in [-0.1, -0.05) is 30.3 Å². The smallest absolute Gasteiger partial charge is 0.311 e. The van der Waals surface area contributed by atoms with E-state index in [4.69, 9.17) is 14.2 Å². The zero-order valence-corrected chi connectivity index (χ0v) is 20.4. The van der Waals surface area contributed by atoms with Crippen molar-refractivity contribution in [3.05, 3.63) is 77.9 Å². The Labute approximate surface area is 209 Å². The maximum atomic E-state index is 12.6. The van der Waals surface area contributed by atoms with E-state index in [1.54, 1.807) is 43.5 Å². The molecule has 0 unspecified atom stereocenters. The average Bonchev–Trinajstić information content (AvgIpc) is 3.27. The first kappa shape index (κ1) is 24.8. The van der Waals surface area contributed by atoms with E-state index in [-0.39, 0.29) is 18.9 Å². The molecular formula is C28H28N2O6. The molecule has 3 aromatic rings. The van der Waals surface area contributed by atoms with Crippen molar-refractivity contribution in [1.29, 1.82) is 0 Å². The fourth-order valence-electron chi connectivity index (χ4n) is 4.08. The molecular weight excluding hydrogens is 460 g/mol. The molecule has 8 nitrogen and oxygen atoms in total. The van der Waals surface area contributed by atoms with Gasteiger partial charge in [-0.05, 0) is 61.4 Å². The van der Waals surface area contributed by atoms with E-state index in [1.807, 2.05) is 44.2 Å². The summed E-state index contributed by atoms with van der Waals surface area (Å²) in [5.41, 5.74) is 3.20. The van der Waals surface area contributed by atoms with Crippen LogP contribution >= 0.6 is 0 Å². The molecule has 4 rings (SSSR count). The molecule has 3 aromatic carbocycles. The van der Waals surface area contributed by atoms with Crippen LogP contribution < -0.4 is 19.7 Å². The number of rotatable bonds is 8. The Balaban J connectivity index is 1.32. The van der Waals surface area contributed by atoms with E-state index < -0.39 is 24.4 Å². The molecule has 0 spiro atoms. The number of aryl methyl sites for hydroxylation is 2. The molecule has 0 bridgehead atoms. The summed E-state index contributed by atoms with van der Waals surface area (Å²) in [4.78, 5) is 39.0. The quantitative estimate of drug-likeness (QED) is 0.465. The van der Waals surface area contributed by atoms with Crippen molar-refractivity contribution in [2.24, 2.45) is 5.92 Å². The number of ether oxygens (including phenoxy) is 3. The number of esters is 1. The SMILES string of the molecule is COc1ccccc1Oc1ccc(N2C[C@H](C(=O)OCC(=O)Nc3c(C)cccc3C)CC2=O)cc1. The van der Waals surface area contributed by atoms with Gasteiger partial charge < -0.3 is 24.4 Å². The largest absolute Gasteiger partial charge is 0.493 e. The van der Waals surface area contributed by atoms with E-state index in [9.17, 15) is 14.4 Å². The Bertz CT molecular complexity index is 1250. The second-order valence-corrected chi connectivity index (χ2v) is 8.57. The lowest BCUT2D eigenvalue weighted by Crippen LogP contribution is -2.28. The van der Waals surface area contributed by atoms with Crippen LogP contribution in [0.1, 0.15) is 17.5 Å². The van der Waals surface area contributed by atoms with Crippen molar-refractivity contribution in [1.82, 2.24) is 0 Å². The maximum absolute atomic E-state index is 12.6. The number of carbonyl (C=O) groups is 3. The molecule has 1 aliphatic heterocycles. The Morgan fingerprint density at radius 1 is 0.944 bits per heavy atom. The second-order valence-electron chi connectivity index (χ2n) is 8.57. The lowest BCUT2D eigenvalue weighted by atomic mass is 10.1. The van der Waals surface area contributed by atoms with Crippen LogP contribution in [0, 0.1) is 19.8 Å². The predicted octanol–water partition coefficient (Wildman–Crippen LogP) is 4.64. The zero-order chi connectivity index (χ0) is 25.7. The number of benzene rings is 3. The molecule has 186 valence electrons. The molecule has 1 fully saturated rings. The Kier molecular flexibility index (Phi) is 7.53. The Morgan fingerprint density at radius 2 is 1.61 bits per heavy atom. The first-order valence-electron chi connectivity index (χ1n) is 11.6.